The van der Waals surface area contributed by atoms with E-state index < -0.39 is 23.7 Å². The number of carboxylic acid groups (broad SMARTS) is 1. The molecule has 0 bridgehead atoms. The number of guanidine groups is 1. The van der Waals surface area contributed by atoms with E-state index in [2.05, 4.69) is 42.2 Å². The number of rotatable bonds is 0. The molecule has 0 unspecified atom stereocenters. The number of aliphatic carboxylic acids is 1. The molecule has 9 nitrogen and oxygen atoms in total. The van der Waals surface area contributed by atoms with Crippen molar-refractivity contribution in [3.05, 3.63) is 20.8 Å². The fourth-order valence-electron chi connectivity index (χ4n) is 3.40. The van der Waals surface area contributed by atoms with Crippen LogP contribution in [0.2, 0.25) is 0 Å². The topological polar surface area (TPSA) is 133 Å². The Hall–Kier alpha value is -1.80. The molecule has 1 saturated heterocycles. The number of fused-ring (bicyclic) bond motifs is 1. The van der Waals surface area contributed by atoms with E-state index in [-0.39, 0.29) is 11.9 Å². The molecular weight excluding hydrogens is 507 g/mol. The Morgan fingerprint density at radius 1 is 1.41 bits per heavy atom. The number of nitrogens with zero attached hydrogens (tertiary/aromatic N) is 3. The van der Waals surface area contributed by atoms with Crippen molar-refractivity contribution in [2.45, 2.75) is 30.5 Å². The van der Waals surface area contributed by atoms with Crippen LogP contribution in [0.25, 0.3) is 0 Å². The summed E-state index contributed by atoms with van der Waals surface area (Å²) in [5.74, 6) is -4.02. The number of aliphatic imine (C=N–C) groups is 1. The van der Waals surface area contributed by atoms with Gasteiger partial charge in [-0.25, -0.2) is 4.79 Å². The number of nitrogens with two attached hydrogens (primary N) is 1. The van der Waals surface area contributed by atoms with Gasteiger partial charge in [-0.3, -0.25) is 14.3 Å². The summed E-state index contributed by atoms with van der Waals surface area (Å²) in [5, 5.41) is 20.9. The third-order valence-electron chi connectivity index (χ3n) is 4.38. The van der Waals surface area contributed by atoms with E-state index in [0.717, 1.165) is 4.47 Å². The van der Waals surface area contributed by atoms with Gasteiger partial charge in [-0.2, -0.15) is 18.2 Å². The molecule has 14 heteroatoms. The lowest BCUT2D eigenvalue weighted by Gasteiger charge is -2.47. The van der Waals surface area contributed by atoms with Gasteiger partial charge >= 0.3 is 12.1 Å². The molecule has 27 heavy (non-hydrogen) atoms. The molecule has 1 spiro atoms. The quantitative estimate of drug-likeness (QED) is 0.406. The molecule has 0 aliphatic carbocycles. The molecule has 1 fully saturated rings. The van der Waals surface area contributed by atoms with E-state index in [9.17, 15) is 23.1 Å². The van der Waals surface area contributed by atoms with Crippen LogP contribution in [-0.4, -0.2) is 56.0 Å². The second kappa shape index (κ2) is 6.10. The van der Waals surface area contributed by atoms with Gasteiger partial charge < -0.3 is 21.3 Å². The largest absolute Gasteiger partial charge is 0.490 e. The first-order valence-corrected chi connectivity index (χ1v) is 8.99. The first-order chi connectivity index (χ1) is 12.3. The fourth-order valence-corrected chi connectivity index (χ4v) is 4.35. The van der Waals surface area contributed by atoms with Gasteiger partial charge in [0.1, 0.15) is 10.3 Å². The summed E-state index contributed by atoms with van der Waals surface area (Å²) in [4.78, 5) is 27.5. The first-order valence-electron chi connectivity index (χ1n) is 7.40. The molecule has 0 saturated carbocycles. The molecule has 1 amide bonds. The summed E-state index contributed by atoms with van der Waals surface area (Å²) in [6, 6.07) is 1.73. The molecule has 4 rings (SSSR count). The average molecular weight is 519 g/mol. The number of aliphatic hydroxyl groups is 1. The lowest BCUT2D eigenvalue weighted by Crippen LogP contribution is -2.67. The number of carbonyl (C=O) groups is 2. The van der Waals surface area contributed by atoms with Gasteiger partial charge in [0.2, 0.25) is 5.72 Å². The Kier molecular flexibility index (Phi) is 4.51. The van der Waals surface area contributed by atoms with Crippen LogP contribution in [0.5, 0.6) is 0 Å². The van der Waals surface area contributed by atoms with Crippen LogP contribution in [0.1, 0.15) is 23.3 Å². The molecule has 1 aromatic heterocycles. The van der Waals surface area contributed by atoms with Crippen LogP contribution in [0.3, 0.4) is 0 Å². The lowest BCUT2D eigenvalue weighted by molar-refractivity contribution is -0.192. The summed E-state index contributed by atoms with van der Waals surface area (Å²) in [6.07, 6.45) is -3.94. The maximum absolute atomic E-state index is 12.6. The number of piperidine rings is 1. The van der Waals surface area contributed by atoms with Crippen molar-refractivity contribution < 1.29 is 33.0 Å². The van der Waals surface area contributed by atoms with Gasteiger partial charge in [-0.1, -0.05) is 0 Å². The standard InChI is InChI=1S/C11H11Br2N5O2.C2HF3O2/c12-5-4-6-8(19)17-3-1-2-10(20)11(17,16-9(14)15-10)18(6)7(5)13;3-2(4,5)1(6)7/h4,20H,1-3H2,(H3,14,15,16);(H,6,7)/t10-,11+;/m0./s1. The number of halogens is 5. The van der Waals surface area contributed by atoms with Crippen molar-refractivity contribution in [3.8, 4) is 0 Å². The van der Waals surface area contributed by atoms with Crippen LogP contribution >= 0.6 is 31.9 Å². The Bertz CT molecular complexity index is 873. The van der Waals surface area contributed by atoms with E-state index in [1.165, 1.54) is 0 Å². The second-order valence-corrected chi connectivity index (χ2v) is 7.59. The van der Waals surface area contributed by atoms with Crippen molar-refractivity contribution in [1.29, 1.82) is 0 Å². The highest BCUT2D eigenvalue weighted by Crippen LogP contribution is 2.51. The minimum atomic E-state index is -5.08. The fraction of sp³-hybridized carbons (Fsp3) is 0.462. The van der Waals surface area contributed by atoms with Crippen molar-refractivity contribution in [1.82, 2.24) is 14.8 Å². The van der Waals surface area contributed by atoms with Gasteiger partial charge in [0.25, 0.3) is 11.7 Å². The van der Waals surface area contributed by atoms with Crippen LogP contribution in [0.4, 0.5) is 13.2 Å². The number of carbonyl (C=O) groups excluding carboxylic acids is 1. The van der Waals surface area contributed by atoms with Crippen molar-refractivity contribution >= 4 is 49.7 Å². The molecule has 1 aromatic rings. The molecule has 5 N–H and O–H groups in total. The van der Waals surface area contributed by atoms with Crippen LogP contribution in [-0.2, 0) is 10.6 Å². The maximum atomic E-state index is 12.6. The maximum Gasteiger partial charge on any atom is 0.490 e. The highest BCUT2D eigenvalue weighted by atomic mass is 79.9. The van der Waals surface area contributed by atoms with Gasteiger partial charge in [0.05, 0.1) is 4.47 Å². The average Bonchev–Trinajstić information content (AvgIpc) is 3.07. The smallest absolute Gasteiger partial charge is 0.475 e. The Morgan fingerprint density at radius 2 is 2.00 bits per heavy atom. The molecule has 148 valence electrons. The number of hydrogen-bond donors (Lipinski definition) is 4. The minimum Gasteiger partial charge on any atom is -0.475 e. The molecule has 3 aliphatic rings. The van der Waals surface area contributed by atoms with E-state index in [4.69, 9.17) is 15.6 Å². The Morgan fingerprint density at radius 3 is 2.56 bits per heavy atom. The van der Waals surface area contributed by atoms with Crippen LogP contribution in [0, 0.1) is 0 Å². The predicted octanol–water partition coefficient (Wildman–Crippen LogP) is 1.11. The van der Waals surface area contributed by atoms with E-state index >= 15 is 0 Å². The summed E-state index contributed by atoms with van der Waals surface area (Å²) >= 11 is 6.85. The zero-order chi connectivity index (χ0) is 20.4. The molecule has 2 atom stereocenters. The molecule has 0 aromatic carbocycles. The van der Waals surface area contributed by atoms with E-state index in [1.807, 2.05) is 0 Å². The number of aromatic nitrogens is 1. The lowest BCUT2D eigenvalue weighted by atomic mass is 9.94. The normalized spacial score (nSPS) is 28.4. The monoisotopic (exact) mass is 517 g/mol. The van der Waals surface area contributed by atoms with Gasteiger partial charge in [0, 0.05) is 13.0 Å². The SMILES string of the molecule is NC1=N[C@@]23N(CCC[C@@]2(O)N1)C(=O)c1cc(Br)c(Br)n13.O=C(O)C(F)(F)F. The van der Waals surface area contributed by atoms with Crippen molar-refractivity contribution in [2.75, 3.05) is 6.54 Å². The summed E-state index contributed by atoms with van der Waals surface area (Å²) in [6.45, 7) is 0.533. The minimum absolute atomic E-state index is 0.136. The molecule has 3 aliphatic heterocycles. The van der Waals surface area contributed by atoms with Crippen molar-refractivity contribution in [2.24, 2.45) is 10.7 Å². The molecular formula is C13H12Br2F3N5O4. The predicted molar refractivity (Wildman–Crippen MR) is 91.5 cm³/mol. The van der Waals surface area contributed by atoms with E-state index in [0.29, 0.717) is 29.7 Å². The summed E-state index contributed by atoms with van der Waals surface area (Å²) in [7, 11) is 0. The number of alkyl halides is 3. The first kappa shape index (κ1) is 19.9. The van der Waals surface area contributed by atoms with Crippen LogP contribution in [0.15, 0.2) is 20.1 Å². The Labute approximate surface area is 166 Å². The van der Waals surface area contributed by atoms with Gasteiger partial charge in [0.15, 0.2) is 5.96 Å². The number of nitrogens with one attached hydrogen (secondary N) is 1. The van der Waals surface area contributed by atoms with Crippen LogP contribution < -0.4 is 11.1 Å². The Balaban J connectivity index is 0.000000260. The van der Waals surface area contributed by atoms with Crippen molar-refractivity contribution in [3.63, 3.8) is 0 Å². The number of amides is 1. The highest BCUT2D eigenvalue weighted by molar-refractivity contribution is 9.13. The zero-order valence-electron chi connectivity index (χ0n) is 13.2. The zero-order valence-corrected chi connectivity index (χ0v) is 16.4. The highest BCUT2D eigenvalue weighted by Gasteiger charge is 2.68. The van der Waals surface area contributed by atoms with Gasteiger partial charge in [-0.15, -0.1) is 0 Å². The number of hydrogen-bond acceptors (Lipinski definition) is 6. The second-order valence-electron chi connectivity index (χ2n) is 5.98. The molecule has 0 radical (unpaired) electrons. The third-order valence-corrected chi connectivity index (χ3v) is 6.30. The summed E-state index contributed by atoms with van der Waals surface area (Å²) in [5.41, 5.74) is 4.88. The van der Waals surface area contributed by atoms with Gasteiger partial charge in [-0.05, 0) is 44.3 Å². The summed E-state index contributed by atoms with van der Waals surface area (Å²) < 4.78 is 34.8. The number of carboxylic acids is 1. The molecule has 4 heterocycles. The third kappa shape index (κ3) is 2.72. The van der Waals surface area contributed by atoms with E-state index in [1.54, 1.807) is 15.5 Å².